The molecule has 0 amide bonds. The Bertz CT molecular complexity index is 1260. The molecule has 0 N–H and O–H groups in total. The van der Waals surface area contributed by atoms with Gasteiger partial charge in [0.05, 0.1) is 0 Å². The molecular weight excluding hydrogens is 651 g/mol. The zero-order valence-corrected chi connectivity index (χ0v) is 34.9. The average Bonchev–Trinajstić information content (AvgIpc) is 3.39. The summed E-state index contributed by atoms with van der Waals surface area (Å²) in [5, 5.41) is 0. The van der Waals surface area contributed by atoms with Gasteiger partial charge in [0.25, 0.3) is 0 Å². The van der Waals surface area contributed by atoms with E-state index in [1.54, 1.807) is 19.1 Å². The van der Waals surface area contributed by atoms with Gasteiger partial charge in [-0.05, 0) is 124 Å². The Morgan fingerprint density at radius 3 is 1.04 bits per heavy atom. The third-order valence-electron chi connectivity index (χ3n) is 10.1. The number of hydrogen-bond acceptors (Lipinski definition) is 0. The van der Waals surface area contributed by atoms with Crippen molar-refractivity contribution in [2.24, 2.45) is 0 Å². The van der Waals surface area contributed by atoms with Crippen molar-refractivity contribution in [2.75, 3.05) is 0 Å². The molecule has 0 saturated heterocycles. The van der Waals surface area contributed by atoms with E-state index in [1.807, 2.05) is 0 Å². The van der Waals surface area contributed by atoms with E-state index in [9.17, 15) is 5.53 Å². The Morgan fingerprint density at radius 1 is 0.400 bits per heavy atom. The van der Waals surface area contributed by atoms with Crippen LogP contribution in [0.1, 0.15) is 197 Å². The molecule has 0 aliphatic carbocycles. The van der Waals surface area contributed by atoms with E-state index < -0.39 is 0 Å². The first-order valence-electron chi connectivity index (χ1n) is 20.9. The molecule has 1 heterocycles. The summed E-state index contributed by atoms with van der Waals surface area (Å²) in [7, 11) is 0. The van der Waals surface area contributed by atoms with Gasteiger partial charge in [-0.2, -0.15) is 0 Å². The Kier molecular flexibility index (Phi) is 23.6. The van der Waals surface area contributed by atoms with Crippen molar-refractivity contribution >= 4 is 11.4 Å². The predicted molar refractivity (Wildman–Crippen MR) is 219 cm³/mol. The van der Waals surface area contributed by atoms with Crippen molar-refractivity contribution in [3.63, 3.8) is 0 Å². The Morgan fingerprint density at radius 2 is 0.680 bits per heavy atom. The second kappa shape index (κ2) is 26.7. The topological polar surface area (TPSA) is 25.3 Å². The second-order valence-corrected chi connectivity index (χ2v) is 15.7. The normalized spacial score (nSPS) is 13.1. The van der Waals surface area contributed by atoms with E-state index >= 15 is 0 Å². The molecule has 0 atom stereocenters. The summed E-state index contributed by atoms with van der Waals surface area (Å²) in [4.78, 5) is 0. The molecule has 0 aromatic heterocycles. The number of hydrogen-bond donors (Lipinski definition) is 0. The number of rotatable bonds is 25. The van der Waals surface area contributed by atoms with E-state index in [4.69, 9.17) is 0 Å². The summed E-state index contributed by atoms with van der Waals surface area (Å²) < 4.78 is 1.66. The van der Waals surface area contributed by atoms with Crippen molar-refractivity contribution in [3.05, 3.63) is 86.5 Å². The van der Waals surface area contributed by atoms with Gasteiger partial charge in [-0.25, -0.2) is 4.70 Å². The van der Waals surface area contributed by atoms with E-state index in [1.165, 1.54) is 141 Å². The van der Waals surface area contributed by atoms with Crippen molar-refractivity contribution < 1.29 is 19.1 Å². The summed E-state index contributed by atoms with van der Waals surface area (Å²) in [6, 6.07) is 14.6. The molecule has 0 spiro atoms. The van der Waals surface area contributed by atoms with Crippen LogP contribution in [0, 0.1) is 0 Å². The van der Waals surface area contributed by atoms with Crippen molar-refractivity contribution in [2.45, 2.75) is 201 Å². The van der Waals surface area contributed by atoms with Gasteiger partial charge in [0.1, 0.15) is 0 Å². The fourth-order valence-corrected chi connectivity index (χ4v) is 7.34. The zero-order chi connectivity index (χ0) is 36.6. The van der Waals surface area contributed by atoms with Crippen LogP contribution in [0.2, 0.25) is 11.8 Å². The van der Waals surface area contributed by atoms with Gasteiger partial charge in [0, 0.05) is 22.3 Å². The third kappa shape index (κ3) is 14.9. The van der Waals surface area contributed by atoms with E-state index in [0.29, 0.717) is 0 Å². The van der Waals surface area contributed by atoms with Crippen LogP contribution in [-0.4, -0.2) is 4.70 Å². The van der Waals surface area contributed by atoms with Gasteiger partial charge in [0.2, 0.25) is 11.4 Å². The predicted octanol–water partition coefficient (Wildman–Crippen LogP) is 15.7. The van der Waals surface area contributed by atoms with E-state index in [2.05, 4.69) is 89.7 Å². The van der Waals surface area contributed by atoms with E-state index in [-0.39, 0.29) is 0 Å². The molecule has 0 unspecified atom stereocenters. The quantitative estimate of drug-likeness (QED) is 0.0553. The van der Waals surface area contributed by atoms with Crippen LogP contribution in [0.4, 0.5) is 0 Å². The van der Waals surface area contributed by atoms with Gasteiger partial charge in [-0.1, -0.05) is 124 Å². The fraction of sp³-hybridized carbons (Fsp3) is 0.660. The van der Waals surface area contributed by atoms with Crippen LogP contribution < -0.4 is 0 Å². The molecule has 3 heteroatoms. The molecule has 284 valence electrons. The number of allylic oxidation sites excluding steroid dienone is 2. The molecule has 0 fully saturated rings. The first kappa shape index (κ1) is 44.2. The summed E-state index contributed by atoms with van der Waals surface area (Å²) in [5.41, 5.74) is 25.6. The number of nitrogens with zero attached hydrogens (tertiary/aromatic N) is 2. The molecule has 0 bridgehead atoms. The summed E-state index contributed by atoms with van der Waals surface area (Å²) in [5.74, 6) is 4.12. The number of aryl methyl sites for hydroxylation is 4. The first-order valence-corrected chi connectivity index (χ1v) is 22.8. The maximum atomic E-state index is 12.5. The van der Waals surface area contributed by atoms with Gasteiger partial charge in [-0.15, -0.1) is 0 Å². The van der Waals surface area contributed by atoms with Gasteiger partial charge in [0.15, 0.2) is 0 Å². The van der Waals surface area contributed by atoms with Crippen LogP contribution in [0.3, 0.4) is 0 Å². The second-order valence-electron chi connectivity index (χ2n) is 14.7. The van der Waals surface area contributed by atoms with Gasteiger partial charge in [-0.3, -0.25) is 0 Å². The molecule has 1 aliphatic heterocycles. The van der Waals surface area contributed by atoms with Crippen LogP contribution >= 0.6 is 0 Å². The summed E-state index contributed by atoms with van der Waals surface area (Å²) >= 11 is 1.62. The van der Waals surface area contributed by atoms with E-state index in [0.717, 1.165) is 62.8 Å². The van der Waals surface area contributed by atoms with Crippen LogP contribution in [0.25, 0.3) is 16.9 Å². The van der Waals surface area contributed by atoms with Crippen LogP contribution in [-0.2, 0) is 40.1 Å². The van der Waals surface area contributed by atoms with Crippen molar-refractivity contribution in [1.29, 1.82) is 0 Å². The van der Waals surface area contributed by atoms with Crippen molar-refractivity contribution in [3.8, 4) is 0 Å². The Balaban J connectivity index is 0.00000278. The van der Waals surface area contributed by atoms with Gasteiger partial charge >= 0.3 is 26.2 Å². The molecule has 2 aromatic rings. The summed E-state index contributed by atoms with van der Waals surface area (Å²) in [6.45, 7) is 13.8. The van der Waals surface area contributed by atoms with Crippen molar-refractivity contribution in [1.82, 2.24) is 0 Å². The molecule has 3 rings (SSSR count). The molecule has 1 aliphatic rings. The minimum atomic E-state index is 1.03. The summed E-state index contributed by atoms with van der Waals surface area (Å²) in [6.07, 6.45) is 27.5. The third-order valence-corrected chi connectivity index (χ3v) is 10.1. The number of unbranched alkanes of at least 4 members (excludes halogenated alkanes) is 11. The molecule has 50 heavy (non-hydrogen) atoms. The molecule has 0 saturated carbocycles. The zero-order valence-electron chi connectivity index (χ0n) is 33.9. The van der Waals surface area contributed by atoms with Crippen LogP contribution in [0.5, 0.6) is 0 Å². The Hall–Kier alpha value is -1.99. The maximum absolute atomic E-state index is 12.5. The molecule has 2 aromatic carbocycles. The Labute approximate surface area is 316 Å². The molecular formula is C47H76N2Ni. The first-order chi connectivity index (χ1) is 24.4. The monoisotopic (exact) mass is 727 g/mol. The van der Waals surface area contributed by atoms with Crippen LogP contribution in [0.15, 0.2) is 47.5 Å². The molecule has 0 radical (unpaired) electrons. The SMILES string of the molecule is CCCCCCc1cc(CCCCCC)cc(C2=C(CCCCC)C(CCCC)=C(c3cc(CCCC)cc(CCCC)c3)[N+]2=[N-])c1.[CH3][Ni][CH3]. The average molecular weight is 728 g/mol. The minimum absolute atomic E-state index is 1.03. The number of benzene rings is 2. The standard InChI is InChI=1S/C45H70N2.2CH3.Ni/c1-7-13-19-22-26-38-31-39(27-23-20-14-8-2)35-41(34-38)45-43(29-21-15-9-3)42(28-18-12-6)44(47(45)46)40-32-36(24-16-10-4)30-37(33-40)25-17-11-5;;;/h30-35H,7-29H2,1-6H3;2*1H3;. The fourth-order valence-electron chi connectivity index (χ4n) is 7.34. The molecule has 2 nitrogen and oxygen atoms in total. The van der Waals surface area contributed by atoms with Gasteiger partial charge < -0.3 is 5.53 Å².